The van der Waals surface area contributed by atoms with Crippen molar-refractivity contribution in [1.82, 2.24) is 14.7 Å². The van der Waals surface area contributed by atoms with Gasteiger partial charge in [-0.15, -0.1) is 0 Å². The van der Waals surface area contributed by atoms with E-state index in [-0.39, 0.29) is 5.91 Å². The van der Waals surface area contributed by atoms with E-state index in [2.05, 4.69) is 17.2 Å². The SMILES string of the molecule is CC(C)=C(C)C(=O)N1CC(c2nn(C)c3ccccc23)C1. The lowest BCUT2D eigenvalue weighted by Gasteiger charge is -2.39. The number of allylic oxidation sites excluding steroid dienone is 1. The number of nitrogens with zero attached hydrogens (tertiary/aromatic N) is 3. The summed E-state index contributed by atoms with van der Waals surface area (Å²) in [7, 11) is 1.97. The summed E-state index contributed by atoms with van der Waals surface area (Å²) in [5.41, 5.74) is 4.22. The lowest BCUT2D eigenvalue weighted by atomic mass is 9.93. The number of amides is 1. The Bertz CT molecular complexity index is 732. The molecule has 21 heavy (non-hydrogen) atoms. The van der Waals surface area contributed by atoms with E-state index < -0.39 is 0 Å². The quantitative estimate of drug-likeness (QED) is 0.795. The van der Waals surface area contributed by atoms with E-state index in [1.807, 2.05) is 49.5 Å². The fourth-order valence-electron chi connectivity index (χ4n) is 2.81. The fraction of sp³-hybridized carbons (Fsp3) is 0.412. The van der Waals surface area contributed by atoms with Gasteiger partial charge in [-0.1, -0.05) is 23.8 Å². The summed E-state index contributed by atoms with van der Waals surface area (Å²) in [4.78, 5) is 14.2. The molecule has 0 aliphatic carbocycles. The average Bonchev–Trinajstić information content (AvgIpc) is 2.74. The zero-order valence-corrected chi connectivity index (χ0v) is 13.1. The maximum absolute atomic E-state index is 12.3. The van der Waals surface area contributed by atoms with Crippen molar-refractivity contribution < 1.29 is 4.79 Å². The van der Waals surface area contributed by atoms with Crippen LogP contribution < -0.4 is 0 Å². The van der Waals surface area contributed by atoms with Crippen molar-refractivity contribution in [2.45, 2.75) is 26.7 Å². The molecule has 1 aromatic heterocycles. The molecule has 0 atom stereocenters. The molecule has 1 amide bonds. The van der Waals surface area contributed by atoms with Crippen LogP contribution in [0.1, 0.15) is 32.4 Å². The van der Waals surface area contributed by atoms with Crippen LogP contribution in [0.5, 0.6) is 0 Å². The van der Waals surface area contributed by atoms with Gasteiger partial charge in [0.1, 0.15) is 0 Å². The summed E-state index contributed by atoms with van der Waals surface area (Å²) >= 11 is 0. The second-order valence-electron chi connectivity index (χ2n) is 6.06. The second-order valence-corrected chi connectivity index (χ2v) is 6.06. The molecule has 1 aliphatic heterocycles. The number of aryl methyl sites for hydroxylation is 1. The molecule has 0 saturated carbocycles. The molecular weight excluding hydrogens is 262 g/mol. The smallest absolute Gasteiger partial charge is 0.249 e. The molecule has 0 radical (unpaired) electrons. The molecule has 3 rings (SSSR count). The first-order chi connectivity index (χ1) is 9.99. The first kappa shape index (κ1) is 13.9. The first-order valence-electron chi connectivity index (χ1n) is 7.34. The van der Waals surface area contributed by atoms with Crippen LogP contribution in [0, 0.1) is 0 Å². The molecule has 0 bridgehead atoms. The van der Waals surface area contributed by atoms with Gasteiger partial charge in [-0.05, 0) is 26.8 Å². The molecule has 1 fully saturated rings. The highest BCUT2D eigenvalue weighted by molar-refractivity contribution is 5.94. The van der Waals surface area contributed by atoms with E-state index in [9.17, 15) is 4.79 Å². The number of para-hydroxylation sites is 1. The lowest BCUT2D eigenvalue weighted by molar-refractivity contribution is -0.131. The number of carbonyl (C=O) groups is 1. The standard InChI is InChI=1S/C17H21N3O/c1-11(2)12(3)17(21)20-9-13(10-20)16-14-7-5-6-8-15(14)19(4)18-16/h5-8,13H,9-10H2,1-4H3. The minimum absolute atomic E-state index is 0.159. The summed E-state index contributed by atoms with van der Waals surface area (Å²) in [5, 5.41) is 5.86. The molecule has 4 nitrogen and oxygen atoms in total. The largest absolute Gasteiger partial charge is 0.337 e. The van der Waals surface area contributed by atoms with Crippen molar-refractivity contribution in [2.75, 3.05) is 13.1 Å². The van der Waals surface area contributed by atoms with Gasteiger partial charge in [0.05, 0.1) is 11.2 Å². The zero-order valence-electron chi connectivity index (χ0n) is 13.1. The summed E-state index contributed by atoms with van der Waals surface area (Å²) in [5.74, 6) is 0.511. The molecule has 0 N–H and O–H groups in total. The number of hydrogen-bond acceptors (Lipinski definition) is 2. The van der Waals surface area contributed by atoms with Crippen molar-refractivity contribution in [1.29, 1.82) is 0 Å². The predicted octanol–water partition coefficient (Wildman–Crippen LogP) is 2.86. The van der Waals surface area contributed by atoms with E-state index in [1.54, 1.807) is 0 Å². The Balaban J connectivity index is 1.80. The third kappa shape index (κ3) is 2.24. The summed E-state index contributed by atoms with van der Waals surface area (Å²) in [6, 6.07) is 8.27. The number of likely N-dealkylation sites (tertiary alicyclic amines) is 1. The second kappa shape index (κ2) is 5.02. The van der Waals surface area contributed by atoms with Gasteiger partial charge in [0.15, 0.2) is 0 Å². The van der Waals surface area contributed by atoms with E-state index >= 15 is 0 Å². The molecule has 2 heterocycles. The molecule has 0 unspecified atom stereocenters. The van der Waals surface area contributed by atoms with E-state index in [4.69, 9.17) is 0 Å². The Morgan fingerprint density at radius 1 is 1.19 bits per heavy atom. The Morgan fingerprint density at radius 3 is 2.52 bits per heavy atom. The number of benzene rings is 1. The summed E-state index contributed by atoms with van der Waals surface area (Å²) in [6.07, 6.45) is 0. The van der Waals surface area contributed by atoms with Crippen LogP contribution in [0.25, 0.3) is 10.9 Å². The highest BCUT2D eigenvalue weighted by atomic mass is 16.2. The molecule has 1 saturated heterocycles. The average molecular weight is 283 g/mol. The Morgan fingerprint density at radius 2 is 1.86 bits per heavy atom. The third-order valence-electron chi connectivity index (χ3n) is 4.41. The topological polar surface area (TPSA) is 38.1 Å². The lowest BCUT2D eigenvalue weighted by Crippen LogP contribution is -2.49. The van der Waals surface area contributed by atoms with Crippen LogP contribution in [0.4, 0.5) is 0 Å². The van der Waals surface area contributed by atoms with Gasteiger partial charge < -0.3 is 4.90 Å². The van der Waals surface area contributed by atoms with Gasteiger partial charge in [-0.3, -0.25) is 9.48 Å². The highest BCUT2D eigenvalue weighted by Gasteiger charge is 2.35. The van der Waals surface area contributed by atoms with Gasteiger partial charge >= 0.3 is 0 Å². The van der Waals surface area contributed by atoms with Crippen molar-refractivity contribution >= 4 is 16.8 Å². The predicted molar refractivity (Wildman–Crippen MR) is 84.1 cm³/mol. The van der Waals surface area contributed by atoms with Gasteiger partial charge in [0.2, 0.25) is 5.91 Å². The summed E-state index contributed by atoms with van der Waals surface area (Å²) < 4.78 is 1.93. The van der Waals surface area contributed by atoms with Crippen LogP contribution in [0.2, 0.25) is 0 Å². The van der Waals surface area contributed by atoms with Crippen LogP contribution in [-0.2, 0) is 11.8 Å². The number of carbonyl (C=O) groups excluding carboxylic acids is 1. The third-order valence-corrected chi connectivity index (χ3v) is 4.41. The Hall–Kier alpha value is -2.10. The normalized spacial score (nSPS) is 15.1. The highest BCUT2D eigenvalue weighted by Crippen LogP contribution is 2.32. The molecule has 0 spiro atoms. The number of fused-ring (bicyclic) bond motifs is 1. The summed E-state index contributed by atoms with van der Waals surface area (Å²) in [6.45, 7) is 7.41. The van der Waals surface area contributed by atoms with Crippen LogP contribution in [-0.4, -0.2) is 33.7 Å². The van der Waals surface area contributed by atoms with Crippen molar-refractivity contribution in [2.24, 2.45) is 7.05 Å². The van der Waals surface area contributed by atoms with Crippen molar-refractivity contribution in [3.63, 3.8) is 0 Å². The Labute approximate surface area is 125 Å². The van der Waals surface area contributed by atoms with Gasteiger partial charge in [-0.2, -0.15) is 5.10 Å². The molecule has 110 valence electrons. The molecule has 1 aliphatic rings. The zero-order chi connectivity index (χ0) is 15.1. The number of rotatable bonds is 2. The van der Waals surface area contributed by atoms with Crippen LogP contribution in [0.15, 0.2) is 35.4 Å². The van der Waals surface area contributed by atoms with E-state index in [1.165, 1.54) is 5.39 Å². The van der Waals surface area contributed by atoms with E-state index in [0.29, 0.717) is 5.92 Å². The van der Waals surface area contributed by atoms with Gasteiger partial charge in [0, 0.05) is 37.0 Å². The van der Waals surface area contributed by atoms with Crippen LogP contribution in [0.3, 0.4) is 0 Å². The minimum Gasteiger partial charge on any atom is -0.337 e. The molecule has 2 aromatic rings. The molecular formula is C17H21N3O. The van der Waals surface area contributed by atoms with Crippen LogP contribution >= 0.6 is 0 Å². The number of hydrogen-bond donors (Lipinski definition) is 0. The van der Waals surface area contributed by atoms with Gasteiger partial charge in [-0.25, -0.2) is 0 Å². The molecule has 4 heteroatoms. The maximum Gasteiger partial charge on any atom is 0.249 e. The van der Waals surface area contributed by atoms with Crippen molar-refractivity contribution in [3.05, 3.63) is 41.1 Å². The minimum atomic E-state index is 0.159. The fourth-order valence-corrected chi connectivity index (χ4v) is 2.81. The van der Waals surface area contributed by atoms with E-state index in [0.717, 1.165) is 35.4 Å². The van der Waals surface area contributed by atoms with Gasteiger partial charge in [0.25, 0.3) is 0 Å². The monoisotopic (exact) mass is 283 g/mol. The van der Waals surface area contributed by atoms with Crippen molar-refractivity contribution in [3.8, 4) is 0 Å². The first-order valence-corrected chi connectivity index (χ1v) is 7.34. The Kier molecular flexibility index (Phi) is 3.32. The number of aromatic nitrogens is 2. The molecule has 1 aromatic carbocycles. The maximum atomic E-state index is 12.3.